The highest BCUT2D eigenvalue weighted by atomic mass is 16.5. The molecule has 1 N–H and O–H groups in total. The summed E-state index contributed by atoms with van der Waals surface area (Å²) in [5, 5.41) is 3.45. The molecule has 0 amide bonds. The maximum Gasteiger partial charge on any atom is 0.0725 e. The zero-order valence-corrected chi connectivity index (χ0v) is 9.38. The summed E-state index contributed by atoms with van der Waals surface area (Å²) in [6.07, 6.45) is 2.51. The van der Waals surface area contributed by atoms with E-state index in [0.717, 1.165) is 26.3 Å². The first-order valence-electron chi connectivity index (χ1n) is 5.79. The van der Waals surface area contributed by atoms with Crippen LogP contribution in [0.2, 0.25) is 0 Å². The van der Waals surface area contributed by atoms with E-state index in [9.17, 15) is 0 Å². The molecule has 1 aliphatic rings. The van der Waals surface area contributed by atoms with Crippen molar-refractivity contribution < 1.29 is 4.74 Å². The van der Waals surface area contributed by atoms with Crippen molar-refractivity contribution in [2.75, 3.05) is 6.54 Å². The van der Waals surface area contributed by atoms with E-state index in [1.54, 1.807) is 0 Å². The van der Waals surface area contributed by atoms with E-state index in [1.807, 2.05) is 0 Å². The highest BCUT2D eigenvalue weighted by Crippen LogP contribution is 2.20. The Labute approximate surface area is 91.6 Å². The third kappa shape index (κ3) is 2.80. The molecule has 2 nitrogen and oxygen atoms in total. The average Bonchev–Trinajstić information content (AvgIpc) is 2.71. The molecule has 82 valence electrons. The van der Waals surface area contributed by atoms with Crippen LogP contribution in [0, 0.1) is 0 Å². The summed E-state index contributed by atoms with van der Waals surface area (Å²) in [5.41, 5.74) is 4.09. The summed E-state index contributed by atoms with van der Waals surface area (Å²) >= 11 is 0. The zero-order valence-electron chi connectivity index (χ0n) is 9.38. The van der Waals surface area contributed by atoms with E-state index >= 15 is 0 Å². The fraction of sp³-hybridized carbons (Fsp3) is 0.538. The molecule has 0 aromatic heterocycles. The van der Waals surface area contributed by atoms with E-state index in [2.05, 4.69) is 30.4 Å². The Morgan fingerprint density at radius 1 is 1.27 bits per heavy atom. The predicted molar refractivity (Wildman–Crippen MR) is 61.5 cm³/mol. The number of unbranched alkanes of at least 4 members (excludes halogenated alkanes) is 1. The van der Waals surface area contributed by atoms with Gasteiger partial charge in [0.2, 0.25) is 0 Å². The van der Waals surface area contributed by atoms with Gasteiger partial charge in [-0.05, 0) is 29.7 Å². The molecule has 2 heteroatoms. The SMILES string of the molecule is CCCCNCc1ccc2c(c1)COC2. The molecule has 0 spiro atoms. The minimum Gasteiger partial charge on any atom is -0.372 e. The van der Waals surface area contributed by atoms with E-state index in [0.29, 0.717) is 0 Å². The van der Waals surface area contributed by atoms with Crippen molar-refractivity contribution in [1.82, 2.24) is 5.32 Å². The molecular weight excluding hydrogens is 186 g/mol. The molecule has 1 aliphatic heterocycles. The molecular formula is C13H19NO. The number of ether oxygens (including phenoxy) is 1. The molecule has 0 atom stereocenters. The van der Waals surface area contributed by atoms with Crippen LogP contribution in [-0.4, -0.2) is 6.54 Å². The van der Waals surface area contributed by atoms with Crippen molar-refractivity contribution in [1.29, 1.82) is 0 Å². The van der Waals surface area contributed by atoms with Gasteiger partial charge in [-0.25, -0.2) is 0 Å². The summed E-state index contributed by atoms with van der Waals surface area (Å²) < 4.78 is 5.39. The van der Waals surface area contributed by atoms with Crippen LogP contribution in [-0.2, 0) is 24.5 Å². The van der Waals surface area contributed by atoms with Gasteiger partial charge >= 0.3 is 0 Å². The molecule has 1 aromatic rings. The molecule has 0 bridgehead atoms. The quantitative estimate of drug-likeness (QED) is 0.746. The van der Waals surface area contributed by atoms with Crippen LogP contribution in [0.1, 0.15) is 36.5 Å². The van der Waals surface area contributed by atoms with Crippen molar-refractivity contribution in [2.24, 2.45) is 0 Å². The van der Waals surface area contributed by atoms with Gasteiger partial charge in [0.15, 0.2) is 0 Å². The standard InChI is InChI=1S/C13H19NO/c1-2-3-6-14-8-11-4-5-12-9-15-10-13(12)7-11/h4-5,7,14H,2-3,6,8-10H2,1H3. The Bertz CT molecular complexity index is 322. The van der Waals surface area contributed by atoms with Gasteiger partial charge in [0.1, 0.15) is 0 Å². The normalized spacial score (nSPS) is 14.2. The van der Waals surface area contributed by atoms with Gasteiger partial charge in [-0.1, -0.05) is 31.5 Å². The maximum atomic E-state index is 5.39. The van der Waals surface area contributed by atoms with Gasteiger partial charge in [-0.2, -0.15) is 0 Å². The minimum atomic E-state index is 0.790. The molecule has 0 unspecified atom stereocenters. The second-order valence-corrected chi connectivity index (χ2v) is 4.13. The smallest absolute Gasteiger partial charge is 0.0725 e. The highest BCUT2D eigenvalue weighted by Gasteiger charge is 2.10. The first-order valence-corrected chi connectivity index (χ1v) is 5.79. The largest absolute Gasteiger partial charge is 0.372 e. The number of fused-ring (bicyclic) bond motifs is 1. The van der Waals surface area contributed by atoms with Crippen molar-refractivity contribution in [3.63, 3.8) is 0 Å². The second-order valence-electron chi connectivity index (χ2n) is 4.13. The average molecular weight is 205 g/mol. The van der Waals surface area contributed by atoms with Gasteiger partial charge < -0.3 is 10.1 Å². The van der Waals surface area contributed by atoms with Crippen molar-refractivity contribution >= 4 is 0 Å². The highest BCUT2D eigenvalue weighted by molar-refractivity contribution is 5.33. The minimum absolute atomic E-state index is 0.790. The van der Waals surface area contributed by atoms with Gasteiger partial charge in [0.25, 0.3) is 0 Å². The van der Waals surface area contributed by atoms with Crippen LogP contribution < -0.4 is 5.32 Å². The molecule has 0 aliphatic carbocycles. The summed E-state index contributed by atoms with van der Waals surface area (Å²) in [6, 6.07) is 6.66. The lowest BCUT2D eigenvalue weighted by atomic mass is 10.1. The number of hydrogen-bond donors (Lipinski definition) is 1. The molecule has 2 rings (SSSR count). The van der Waals surface area contributed by atoms with Gasteiger partial charge in [0.05, 0.1) is 13.2 Å². The van der Waals surface area contributed by atoms with Crippen LogP contribution in [0.3, 0.4) is 0 Å². The molecule has 0 radical (unpaired) electrons. The van der Waals surface area contributed by atoms with E-state index < -0.39 is 0 Å². The van der Waals surface area contributed by atoms with Crippen molar-refractivity contribution in [3.05, 3.63) is 34.9 Å². The van der Waals surface area contributed by atoms with Gasteiger partial charge in [0, 0.05) is 6.54 Å². The molecule has 15 heavy (non-hydrogen) atoms. The number of hydrogen-bond acceptors (Lipinski definition) is 2. The zero-order chi connectivity index (χ0) is 10.5. The lowest BCUT2D eigenvalue weighted by Gasteiger charge is -2.05. The molecule has 1 aromatic carbocycles. The molecule has 1 heterocycles. The van der Waals surface area contributed by atoms with Crippen LogP contribution >= 0.6 is 0 Å². The second kappa shape index (κ2) is 5.29. The topological polar surface area (TPSA) is 21.3 Å². The van der Waals surface area contributed by atoms with Gasteiger partial charge in [-0.15, -0.1) is 0 Å². The molecule has 0 saturated carbocycles. The first kappa shape index (κ1) is 10.7. The fourth-order valence-corrected chi connectivity index (χ4v) is 1.87. The predicted octanol–water partition coefficient (Wildman–Crippen LogP) is 2.61. The summed E-state index contributed by atoms with van der Waals surface area (Å²) in [7, 11) is 0. The van der Waals surface area contributed by atoms with Crippen LogP contribution in [0.4, 0.5) is 0 Å². The lowest BCUT2D eigenvalue weighted by Crippen LogP contribution is -2.14. The lowest BCUT2D eigenvalue weighted by molar-refractivity contribution is 0.134. The third-order valence-electron chi connectivity index (χ3n) is 2.82. The summed E-state index contributed by atoms with van der Waals surface area (Å²) in [6.45, 7) is 5.89. The Kier molecular flexibility index (Phi) is 3.75. The third-order valence-corrected chi connectivity index (χ3v) is 2.82. The Balaban J connectivity index is 1.87. The Morgan fingerprint density at radius 3 is 3.00 bits per heavy atom. The molecule has 0 fully saturated rings. The first-order chi connectivity index (χ1) is 7.40. The monoisotopic (exact) mass is 205 g/mol. The summed E-state index contributed by atoms with van der Waals surface area (Å²) in [4.78, 5) is 0. The van der Waals surface area contributed by atoms with Crippen LogP contribution in [0.15, 0.2) is 18.2 Å². The van der Waals surface area contributed by atoms with E-state index in [1.165, 1.54) is 29.5 Å². The number of nitrogens with one attached hydrogen (secondary N) is 1. The van der Waals surface area contributed by atoms with E-state index in [-0.39, 0.29) is 0 Å². The number of rotatable bonds is 5. The number of benzene rings is 1. The fourth-order valence-electron chi connectivity index (χ4n) is 1.87. The van der Waals surface area contributed by atoms with Crippen LogP contribution in [0.5, 0.6) is 0 Å². The Morgan fingerprint density at radius 2 is 2.13 bits per heavy atom. The Hall–Kier alpha value is -0.860. The van der Waals surface area contributed by atoms with Gasteiger partial charge in [-0.3, -0.25) is 0 Å². The van der Waals surface area contributed by atoms with Crippen molar-refractivity contribution in [2.45, 2.75) is 39.5 Å². The van der Waals surface area contributed by atoms with E-state index in [4.69, 9.17) is 4.74 Å². The summed E-state index contributed by atoms with van der Waals surface area (Å²) in [5.74, 6) is 0. The van der Waals surface area contributed by atoms with Crippen LogP contribution in [0.25, 0.3) is 0 Å². The molecule has 0 saturated heterocycles. The maximum absolute atomic E-state index is 5.39. The van der Waals surface area contributed by atoms with Crippen molar-refractivity contribution in [3.8, 4) is 0 Å².